The average Bonchev–Trinajstić information content (AvgIpc) is 3.12. The van der Waals surface area contributed by atoms with E-state index in [2.05, 4.69) is 31.3 Å². The highest BCUT2D eigenvalue weighted by atomic mass is 32.1. The van der Waals surface area contributed by atoms with Crippen LogP contribution in [0.15, 0.2) is 36.2 Å². The second kappa shape index (κ2) is 5.25. The Balaban J connectivity index is 1.87. The third-order valence-corrected chi connectivity index (χ3v) is 3.75. The van der Waals surface area contributed by atoms with Crippen LogP contribution in [0.1, 0.15) is 17.8 Å². The van der Waals surface area contributed by atoms with Crippen molar-refractivity contribution in [1.29, 1.82) is 0 Å². The van der Waals surface area contributed by atoms with Gasteiger partial charge in [-0.1, -0.05) is 6.07 Å². The van der Waals surface area contributed by atoms with Gasteiger partial charge in [-0.3, -0.25) is 4.57 Å². The number of hydrogen-bond donors (Lipinski definition) is 2. The zero-order valence-electron chi connectivity index (χ0n) is 10.8. The molecule has 3 aromatic heterocycles. The van der Waals surface area contributed by atoms with Gasteiger partial charge in [-0.05, 0) is 18.4 Å². The van der Waals surface area contributed by atoms with Crippen LogP contribution in [0.4, 0.5) is 11.9 Å². The number of nitrogens with zero attached hydrogens (tertiary/aromatic N) is 5. The molecule has 3 rings (SSSR count). The summed E-state index contributed by atoms with van der Waals surface area (Å²) in [6.45, 7) is 2.04. The fourth-order valence-corrected chi connectivity index (χ4v) is 2.48. The van der Waals surface area contributed by atoms with E-state index in [-0.39, 0.29) is 12.0 Å². The Kier molecular flexibility index (Phi) is 3.30. The number of imidazole rings is 1. The molecule has 0 bridgehead atoms. The molecule has 0 saturated carbocycles. The summed E-state index contributed by atoms with van der Waals surface area (Å²) in [6, 6.07) is 4.17. The number of nitrogens with one attached hydrogen (secondary N) is 1. The van der Waals surface area contributed by atoms with Gasteiger partial charge in [0.1, 0.15) is 6.33 Å². The molecule has 0 radical (unpaired) electrons. The minimum Gasteiger partial charge on any atom is -0.368 e. The molecule has 0 aliphatic rings. The van der Waals surface area contributed by atoms with Crippen molar-refractivity contribution < 1.29 is 0 Å². The molecule has 0 spiro atoms. The normalized spacial score (nSPS) is 12.2. The summed E-state index contributed by atoms with van der Waals surface area (Å²) in [4.78, 5) is 17.7. The molecule has 0 amide bonds. The van der Waals surface area contributed by atoms with E-state index in [1.165, 1.54) is 4.88 Å². The van der Waals surface area contributed by atoms with Crippen LogP contribution in [-0.2, 0) is 0 Å². The average molecular weight is 287 g/mol. The molecule has 0 aromatic carbocycles. The van der Waals surface area contributed by atoms with Crippen molar-refractivity contribution in [2.75, 3.05) is 11.1 Å². The second-order valence-corrected chi connectivity index (χ2v) is 5.15. The summed E-state index contributed by atoms with van der Waals surface area (Å²) in [7, 11) is 0. The van der Waals surface area contributed by atoms with Gasteiger partial charge in [0.25, 0.3) is 0 Å². The zero-order chi connectivity index (χ0) is 13.9. The number of hydrogen-bond acceptors (Lipinski definition) is 7. The first-order valence-electron chi connectivity index (χ1n) is 6.02. The molecule has 102 valence electrons. The Morgan fingerprint density at radius 1 is 1.35 bits per heavy atom. The summed E-state index contributed by atoms with van der Waals surface area (Å²) in [6.07, 6.45) is 5.02. The van der Waals surface area contributed by atoms with Gasteiger partial charge in [0.2, 0.25) is 17.8 Å². The Bertz CT molecular complexity index is 678. The molecule has 8 heteroatoms. The van der Waals surface area contributed by atoms with Gasteiger partial charge in [-0.25, -0.2) is 4.98 Å². The van der Waals surface area contributed by atoms with Crippen molar-refractivity contribution in [2.24, 2.45) is 0 Å². The predicted molar refractivity (Wildman–Crippen MR) is 77.7 cm³/mol. The summed E-state index contributed by atoms with van der Waals surface area (Å²) >= 11 is 1.68. The molecule has 0 saturated heterocycles. The third-order valence-electron chi connectivity index (χ3n) is 2.69. The highest BCUT2D eigenvalue weighted by Crippen LogP contribution is 2.21. The molecule has 1 atom stereocenters. The molecular formula is C12H13N7S. The third kappa shape index (κ3) is 2.59. The smallest absolute Gasteiger partial charge is 0.241 e. The van der Waals surface area contributed by atoms with Gasteiger partial charge in [-0.2, -0.15) is 15.0 Å². The molecule has 20 heavy (non-hydrogen) atoms. The Hall–Kier alpha value is -2.48. The molecule has 3 heterocycles. The predicted octanol–water partition coefficient (Wildman–Crippen LogP) is 1.87. The van der Waals surface area contributed by atoms with Crippen LogP contribution < -0.4 is 11.1 Å². The van der Waals surface area contributed by atoms with Gasteiger partial charge in [0, 0.05) is 17.3 Å². The van der Waals surface area contributed by atoms with Gasteiger partial charge >= 0.3 is 0 Å². The zero-order valence-corrected chi connectivity index (χ0v) is 11.6. The van der Waals surface area contributed by atoms with E-state index in [1.807, 2.05) is 18.4 Å². The van der Waals surface area contributed by atoms with Crippen molar-refractivity contribution in [3.63, 3.8) is 0 Å². The van der Waals surface area contributed by atoms with Crippen LogP contribution in [0.5, 0.6) is 0 Å². The van der Waals surface area contributed by atoms with Gasteiger partial charge in [0.15, 0.2) is 0 Å². The van der Waals surface area contributed by atoms with Crippen LogP contribution in [0.25, 0.3) is 5.95 Å². The number of nitrogen functional groups attached to an aromatic ring is 1. The molecule has 3 aromatic rings. The lowest BCUT2D eigenvalue weighted by molar-refractivity contribution is 0.849. The lowest BCUT2D eigenvalue weighted by atomic mass is 10.3. The van der Waals surface area contributed by atoms with Crippen molar-refractivity contribution in [3.05, 3.63) is 41.1 Å². The number of anilines is 2. The van der Waals surface area contributed by atoms with Crippen molar-refractivity contribution in [3.8, 4) is 5.95 Å². The maximum atomic E-state index is 5.73. The summed E-state index contributed by atoms with van der Waals surface area (Å²) in [5.74, 6) is 1.06. The topological polar surface area (TPSA) is 94.5 Å². The number of nitrogens with two attached hydrogens (primary N) is 1. The quantitative estimate of drug-likeness (QED) is 0.760. The van der Waals surface area contributed by atoms with Crippen LogP contribution in [-0.4, -0.2) is 24.5 Å². The maximum absolute atomic E-state index is 5.73. The van der Waals surface area contributed by atoms with Crippen molar-refractivity contribution in [2.45, 2.75) is 13.0 Å². The van der Waals surface area contributed by atoms with E-state index >= 15 is 0 Å². The first-order chi connectivity index (χ1) is 9.72. The lowest BCUT2D eigenvalue weighted by Crippen LogP contribution is -2.12. The molecule has 7 nitrogen and oxygen atoms in total. The van der Waals surface area contributed by atoms with E-state index < -0.39 is 0 Å². The SMILES string of the molecule is CC(Nc1nc(N)nc(-n2ccnc2)n1)c1cccs1. The van der Waals surface area contributed by atoms with Gasteiger partial charge in [0.05, 0.1) is 6.04 Å². The Morgan fingerprint density at radius 2 is 2.25 bits per heavy atom. The summed E-state index contributed by atoms with van der Waals surface area (Å²) in [5, 5.41) is 5.26. The van der Waals surface area contributed by atoms with Crippen molar-refractivity contribution >= 4 is 23.2 Å². The molecule has 0 aliphatic carbocycles. The molecule has 0 fully saturated rings. The van der Waals surface area contributed by atoms with Crippen LogP contribution in [0.3, 0.4) is 0 Å². The maximum Gasteiger partial charge on any atom is 0.241 e. The molecule has 3 N–H and O–H groups in total. The Morgan fingerprint density at radius 3 is 2.95 bits per heavy atom. The fraction of sp³-hybridized carbons (Fsp3) is 0.167. The van der Waals surface area contributed by atoms with E-state index in [4.69, 9.17) is 5.73 Å². The van der Waals surface area contributed by atoms with E-state index in [1.54, 1.807) is 34.6 Å². The summed E-state index contributed by atoms with van der Waals surface area (Å²) in [5.41, 5.74) is 5.73. The first kappa shape index (κ1) is 12.5. The van der Waals surface area contributed by atoms with E-state index in [0.29, 0.717) is 11.9 Å². The van der Waals surface area contributed by atoms with Gasteiger partial charge < -0.3 is 11.1 Å². The van der Waals surface area contributed by atoms with E-state index in [9.17, 15) is 0 Å². The van der Waals surface area contributed by atoms with Crippen molar-refractivity contribution in [1.82, 2.24) is 24.5 Å². The van der Waals surface area contributed by atoms with E-state index in [0.717, 1.165) is 0 Å². The fourth-order valence-electron chi connectivity index (χ4n) is 1.74. The highest BCUT2D eigenvalue weighted by molar-refractivity contribution is 7.10. The second-order valence-electron chi connectivity index (χ2n) is 4.17. The standard InChI is InChI=1S/C12H13N7S/c1-8(9-3-2-6-20-9)15-11-16-10(13)17-12(18-11)19-5-4-14-7-19/h2-8H,1H3,(H3,13,15,16,17,18). The highest BCUT2D eigenvalue weighted by Gasteiger charge is 2.11. The number of rotatable bonds is 4. The molecule has 1 unspecified atom stereocenters. The monoisotopic (exact) mass is 287 g/mol. The number of thiophene rings is 1. The van der Waals surface area contributed by atoms with Crippen LogP contribution >= 0.6 is 11.3 Å². The largest absolute Gasteiger partial charge is 0.368 e. The Labute approximate surface area is 119 Å². The lowest BCUT2D eigenvalue weighted by Gasteiger charge is -2.12. The summed E-state index contributed by atoms with van der Waals surface area (Å²) < 4.78 is 1.68. The van der Waals surface area contributed by atoms with Gasteiger partial charge in [-0.15, -0.1) is 11.3 Å². The molecular weight excluding hydrogens is 274 g/mol. The molecule has 0 aliphatic heterocycles. The first-order valence-corrected chi connectivity index (χ1v) is 6.90. The number of aromatic nitrogens is 5. The minimum atomic E-state index is 0.104. The minimum absolute atomic E-state index is 0.104. The van der Waals surface area contributed by atoms with Crippen LogP contribution in [0.2, 0.25) is 0 Å². The van der Waals surface area contributed by atoms with Crippen LogP contribution in [0, 0.1) is 0 Å².